The monoisotopic (exact) mass is 271 g/mol. The molecule has 1 N–H and O–H groups in total. The average molecular weight is 272 g/mol. The van der Waals surface area contributed by atoms with Crippen LogP contribution in [0.25, 0.3) is 0 Å². The summed E-state index contributed by atoms with van der Waals surface area (Å²) in [4.78, 5) is 0. The van der Waals surface area contributed by atoms with Gasteiger partial charge in [0.25, 0.3) is 0 Å². The van der Waals surface area contributed by atoms with Gasteiger partial charge in [-0.05, 0) is 42.5 Å². The molecule has 0 spiro atoms. The van der Waals surface area contributed by atoms with Gasteiger partial charge in [-0.15, -0.1) is 0 Å². The highest BCUT2D eigenvalue weighted by Crippen LogP contribution is 2.39. The molecule has 3 heteroatoms. The Morgan fingerprint density at radius 2 is 1.94 bits per heavy atom. The smallest absolute Gasteiger partial charge is 0.127 e. The fourth-order valence-electron chi connectivity index (χ4n) is 2.12. The van der Waals surface area contributed by atoms with Crippen LogP contribution in [0.1, 0.15) is 51.3 Å². The molecular weight excluding hydrogens is 249 g/mol. The SMILES string of the molecule is CCNC(c1cc(C)c(F)cc1Cl)C(C)(C)CC. The van der Waals surface area contributed by atoms with E-state index in [1.165, 1.54) is 6.07 Å². The summed E-state index contributed by atoms with van der Waals surface area (Å²) in [6, 6.07) is 3.42. The van der Waals surface area contributed by atoms with E-state index in [2.05, 4.69) is 33.0 Å². The third-order valence-electron chi connectivity index (χ3n) is 3.69. The fourth-order valence-corrected chi connectivity index (χ4v) is 2.38. The van der Waals surface area contributed by atoms with Gasteiger partial charge in [0, 0.05) is 11.1 Å². The lowest BCUT2D eigenvalue weighted by Crippen LogP contribution is -2.34. The van der Waals surface area contributed by atoms with Gasteiger partial charge in [0.05, 0.1) is 0 Å². The Labute approximate surface area is 115 Å². The topological polar surface area (TPSA) is 12.0 Å². The van der Waals surface area contributed by atoms with Gasteiger partial charge in [0.1, 0.15) is 5.82 Å². The van der Waals surface area contributed by atoms with Gasteiger partial charge in [0.2, 0.25) is 0 Å². The van der Waals surface area contributed by atoms with Crippen molar-refractivity contribution >= 4 is 11.6 Å². The van der Waals surface area contributed by atoms with Crippen molar-refractivity contribution in [3.63, 3.8) is 0 Å². The summed E-state index contributed by atoms with van der Waals surface area (Å²) in [7, 11) is 0. The molecule has 0 heterocycles. The van der Waals surface area contributed by atoms with Crippen molar-refractivity contribution in [2.24, 2.45) is 5.41 Å². The molecule has 0 fully saturated rings. The van der Waals surface area contributed by atoms with Crippen molar-refractivity contribution < 1.29 is 4.39 Å². The van der Waals surface area contributed by atoms with E-state index in [-0.39, 0.29) is 17.3 Å². The highest BCUT2D eigenvalue weighted by atomic mass is 35.5. The number of benzene rings is 1. The summed E-state index contributed by atoms with van der Waals surface area (Å²) >= 11 is 6.21. The Morgan fingerprint density at radius 1 is 1.33 bits per heavy atom. The molecule has 0 aromatic heterocycles. The third kappa shape index (κ3) is 3.24. The van der Waals surface area contributed by atoms with Gasteiger partial charge >= 0.3 is 0 Å². The molecule has 18 heavy (non-hydrogen) atoms. The highest BCUT2D eigenvalue weighted by Gasteiger charge is 2.30. The van der Waals surface area contributed by atoms with Crippen molar-refractivity contribution in [3.8, 4) is 0 Å². The van der Waals surface area contributed by atoms with Crippen molar-refractivity contribution in [2.75, 3.05) is 6.54 Å². The summed E-state index contributed by atoms with van der Waals surface area (Å²) in [5.41, 5.74) is 1.71. The zero-order chi connectivity index (χ0) is 13.9. The Bertz CT molecular complexity index is 415. The van der Waals surface area contributed by atoms with E-state index in [0.717, 1.165) is 18.5 Å². The minimum atomic E-state index is -0.242. The number of nitrogens with one attached hydrogen (secondary N) is 1. The van der Waals surface area contributed by atoms with E-state index in [4.69, 9.17) is 11.6 Å². The van der Waals surface area contributed by atoms with Gasteiger partial charge in [-0.25, -0.2) is 4.39 Å². The molecule has 0 aliphatic rings. The van der Waals surface area contributed by atoms with Crippen LogP contribution in [0, 0.1) is 18.2 Å². The standard InChI is InChI=1S/C15H23ClFN/c1-6-15(4,5)14(18-7-2)11-8-10(3)13(17)9-12(11)16/h8-9,14,18H,6-7H2,1-5H3. The first-order valence-electron chi connectivity index (χ1n) is 6.52. The summed E-state index contributed by atoms with van der Waals surface area (Å²) in [6.07, 6.45) is 1.03. The first-order chi connectivity index (χ1) is 8.33. The molecule has 1 aromatic carbocycles. The van der Waals surface area contributed by atoms with Crippen LogP contribution in [0.3, 0.4) is 0 Å². The van der Waals surface area contributed by atoms with Crippen LogP contribution in [-0.4, -0.2) is 6.54 Å². The maximum Gasteiger partial charge on any atom is 0.127 e. The first kappa shape index (κ1) is 15.5. The molecular formula is C15H23ClFN. The minimum Gasteiger partial charge on any atom is -0.310 e. The Morgan fingerprint density at radius 3 is 2.44 bits per heavy atom. The lowest BCUT2D eigenvalue weighted by atomic mass is 9.78. The second-order valence-electron chi connectivity index (χ2n) is 5.46. The molecule has 1 rings (SSSR count). The molecule has 0 amide bonds. The van der Waals surface area contributed by atoms with Crippen LogP contribution in [0.2, 0.25) is 5.02 Å². The van der Waals surface area contributed by atoms with E-state index in [1.807, 2.05) is 6.07 Å². The summed E-state index contributed by atoms with van der Waals surface area (Å²) in [5, 5.41) is 3.98. The maximum absolute atomic E-state index is 13.5. The Balaban J connectivity index is 3.26. The average Bonchev–Trinajstić information content (AvgIpc) is 2.31. The van der Waals surface area contributed by atoms with Gasteiger partial charge in [-0.1, -0.05) is 45.4 Å². The predicted octanol–water partition coefficient (Wildman–Crippen LogP) is 4.87. The van der Waals surface area contributed by atoms with Crippen molar-refractivity contribution in [1.29, 1.82) is 0 Å². The summed E-state index contributed by atoms with van der Waals surface area (Å²) in [6.45, 7) is 11.3. The van der Waals surface area contributed by atoms with Gasteiger partial charge in [0.15, 0.2) is 0 Å². The van der Waals surface area contributed by atoms with Crippen LogP contribution in [0.5, 0.6) is 0 Å². The molecule has 0 saturated carbocycles. The van der Waals surface area contributed by atoms with E-state index in [0.29, 0.717) is 10.6 Å². The third-order valence-corrected chi connectivity index (χ3v) is 4.02. The molecule has 1 aromatic rings. The summed E-state index contributed by atoms with van der Waals surface area (Å²) < 4.78 is 13.5. The van der Waals surface area contributed by atoms with Crippen molar-refractivity contribution in [3.05, 3.63) is 34.1 Å². The zero-order valence-corrected chi connectivity index (χ0v) is 12.7. The van der Waals surface area contributed by atoms with Crippen LogP contribution < -0.4 is 5.32 Å². The normalized spacial score (nSPS) is 13.7. The number of halogens is 2. The molecule has 102 valence electrons. The number of hydrogen-bond donors (Lipinski definition) is 1. The molecule has 0 radical (unpaired) electrons. The Hall–Kier alpha value is -0.600. The Kier molecular flexibility index (Phi) is 5.18. The van der Waals surface area contributed by atoms with Gasteiger partial charge in [-0.3, -0.25) is 0 Å². The molecule has 1 nitrogen and oxygen atoms in total. The number of hydrogen-bond acceptors (Lipinski definition) is 1. The maximum atomic E-state index is 13.5. The molecule has 0 aliphatic carbocycles. The van der Waals surface area contributed by atoms with Crippen molar-refractivity contribution in [1.82, 2.24) is 5.32 Å². The largest absolute Gasteiger partial charge is 0.310 e. The van der Waals surface area contributed by atoms with Crippen LogP contribution in [0.4, 0.5) is 4.39 Å². The molecule has 1 atom stereocenters. The molecule has 0 saturated heterocycles. The lowest BCUT2D eigenvalue weighted by Gasteiger charge is -2.35. The predicted molar refractivity (Wildman–Crippen MR) is 76.6 cm³/mol. The van der Waals surface area contributed by atoms with E-state index in [9.17, 15) is 4.39 Å². The number of rotatable bonds is 5. The summed E-state index contributed by atoms with van der Waals surface area (Å²) in [5.74, 6) is -0.242. The first-order valence-corrected chi connectivity index (χ1v) is 6.90. The van der Waals surface area contributed by atoms with Crippen LogP contribution in [-0.2, 0) is 0 Å². The minimum absolute atomic E-state index is 0.0733. The van der Waals surface area contributed by atoms with Crippen LogP contribution >= 0.6 is 11.6 Å². The molecule has 1 unspecified atom stereocenters. The van der Waals surface area contributed by atoms with Gasteiger partial charge in [-0.2, -0.15) is 0 Å². The number of aryl methyl sites for hydroxylation is 1. The highest BCUT2D eigenvalue weighted by molar-refractivity contribution is 6.31. The van der Waals surface area contributed by atoms with Gasteiger partial charge < -0.3 is 5.32 Å². The second-order valence-corrected chi connectivity index (χ2v) is 5.86. The molecule has 0 bridgehead atoms. The zero-order valence-electron chi connectivity index (χ0n) is 11.9. The fraction of sp³-hybridized carbons (Fsp3) is 0.600. The van der Waals surface area contributed by atoms with E-state index >= 15 is 0 Å². The second kappa shape index (κ2) is 6.03. The quantitative estimate of drug-likeness (QED) is 0.805. The lowest BCUT2D eigenvalue weighted by molar-refractivity contribution is 0.237. The molecule has 0 aliphatic heterocycles. The van der Waals surface area contributed by atoms with E-state index < -0.39 is 0 Å². The van der Waals surface area contributed by atoms with Crippen molar-refractivity contribution in [2.45, 2.75) is 47.1 Å². The van der Waals surface area contributed by atoms with E-state index in [1.54, 1.807) is 6.92 Å². The van der Waals surface area contributed by atoms with Crippen LogP contribution in [0.15, 0.2) is 12.1 Å².